The van der Waals surface area contributed by atoms with Gasteiger partial charge in [0.05, 0.1) is 13.2 Å². The zero-order valence-electron chi connectivity index (χ0n) is 13.9. The lowest BCUT2D eigenvalue weighted by Gasteiger charge is -2.32. The van der Waals surface area contributed by atoms with E-state index in [4.69, 9.17) is 20.9 Å². The predicted octanol–water partition coefficient (Wildman–Crippen LogP) is 2.02. The first-order valence-corrected chi connectivity index (χ1v) is 8.61. The summed E-state index contributed by atoms with van der Waals surface area (Å²) in [5.41, 5.74) is 0.790. The SMILES string of the molecule is O=C(O)C1COCCN1C(=O)CCCc1nc(-c2ccc(Cl)cc2)no1. The van der Waals surface area contributed by atoms with Crippen LogP contribution in [0.1, 0.15) is 18.7 Å². The second kappa shape index (κ2) is 8.29. The molecular formula is C17H18ClN3O5. The Morgan fingerprint density at radius 2 is 2.08 bits per heavy atom. The summed E-state index contributed by atoms with van der Waals surface area (Å²) in [5, 5.41) is 13.7. The number of carboxylic acids is 1. The number of aryl methyl sites for hydroxylation is 1. The second-order valence-electron chi connectivity index (χ2n) is 5.89. The van der Waals surface area contributed by atoms with Crippen LogP contribution in [0.4, 0.5) is 0 Å². The number of aliphatic carboxylic acids is 1. The minimum Gasteiger partial charge on any atom is -0.480 e. The van der Waals surface area contributed by atoms with E-state index >= 15 is 0 Å². The van der Waals surface area contributed by atoms with Gasteiger partial charge in [0.15, 0.2) is 6.04 Å². The molecule has 1 aliphatic heterocycles. The molecule has 8 nitrogen and oxygen atoms in total. The van der Waals surface area contributed by atoms with Crippen LogP contribution in [0.5, 0.6) is 0 Å². The van der Waals surface area contributed by atoms with Gasteiger partial charge in [-0.05, 0) is 30.7 Å². The quantitative estimate of drug-likeness (QED) is 0.818. The van der Waals surface area contributed by atoms with Gasteiger partial charge in [0.1, 0.15) is 0 Å². The molecule has 26 heavy (non-hydrogen) atoms. The van der Waals surface area contributed by atoms with Crippen LogP contribution in [-0.2, 0) is 20.7 Å². The summed E-state index contributed by atoms with van der Waals surface area (Å²) in [5.74, 6) is -0.373. The molecule has 2 heterocycles. The van der Waals surface area contributed by atoms with Crippen LogP contribution in [0.15, 0.2) is 28.8 Å². The molecular weight excluding hydrogens is 362 g/mol. The van der Waals surface area contributed by atoms with E-state index in [0.29, 0.717) is 36.2 Å². The minimum absolute atomic E-state index is 0.0230. The summed E-state index contributed by atoms with van der Waals surface area (Å²) in [6, 6.07) is 6.16. The normalized spacial score (nSPS) is 17.3. The molecule has 0 saturated carbocycles. The van der Waals surface area contributed by atoms with E-state index in [9.17, 15) is 14.7 Å². The third kappa shape index (κ3) is 4.39. The fraction of sp³-hybridized carbons (Fsp3) is 0.412. The zero-order valence-corrected chi connectivity index (χ0v) is 14.7. The number of hydrogen-bond acceptors (Lipinski definition) is 6. The highest BCUT2D eigenvalue weighted by Gasteiger charge is 2.32. The van der Waals surface area contributed by atoms with Crippen molar-refractivity contribution in [1.82, 2.24) is 15.0 Å². The predicted molar refractivity (Wildman–Crippen MR) is 91.6 cm³/mol. The Kier molecular flexibility index (Phi) is 5.85. The molecule has 1 N–H and O–H groups in total. The van der Waals surface area contributed by atoms with Gasteiger partial charge in [-0.15, -0.1) is 0 Å². The van der Waals surface area contributed by atoms with Crippen molar-refractivity contribution in [3.63, 3.8) is 0 Å². The number of ether oxygens (including phenoxy) is 1. The highest BCUT2D eigenvalue weighted by atomic mass is 35.5. The summed E-state index contributed by atoms with van der Waals surface area (Å²) < 4.78 is 10.3. The molecule has 9 heteroatoms. The summed E-state index contributed by atoms with van der Waals surface area (Å²) in [7, 11) is 0. The molecule has 3 rings (SSSR count). The van der Waals surface area contributed by atoms with Gasteiger partial charge in [-0.3, -0.25) is 4.79 Å². The van der Waals surface area contributed by atoms with Crippen molar-refractivity contribution in [3.05, 3.63) is 35.2 Å². The van der Waals surface area contributed by atoms with Crippen LogP contribution in [0, 0.1) is 0 Å². The van der Waals surface area contributed by atoms with Crippen LogP contribution in [-0.4, -0.2) is 57.8 Å². The number of carbonyl (C=O) groups excluding carboxylic acids is 1. The lowest BCUT2D eigenvalue weighted by molar-refractivity contribution is -0.158. The number of rotatable bonds is 6. The number of amides is 1. The smallest absolute Gasteiger partial charge is 0.328 e. The largest absolute Gasteiger partial charge is 0.480 e. The van der Waals surface area contributed by atoms with Gasteiger partial charge in [-0.25, -0.2) is 4.79 Å². The molecule has 0 aliphatic carbocycles. The summed E-state index contributed by atoms with van der Waals surface area (Å²) in [4.78, 5) is 29.2. The number of halogens is 1. The van der Waals surface area contributed by atoms with Gasteiger partial charge in [-0.2, -0.15) is 4.98 Å². The maximum absolute atomic E-state index is 12.3. The van der Waals surface area contributed by atoms with Crippen LogP contribution >= 0.6 is 11.6 Å². The average Bonchev–Trinajstić information content (AvgIpc) is 3.11. The van der Waals surface area contributed by atoms with Gasteiger partial charge >= 0.3 is 5.97 Å². The van der Waals surface area contributed by atoms with E-state index in [1.165, 1.54) is 4.90 Å². The maximum Gasteiger partial charge on any atom is 0.328 e. The van der Waals surface area contributed by atoms with E-state index in [2.05, 4.69) is 10.1 Å². The number of aromatic nitrogens is 2. The zero-order chi connectivity index (χ0) is 18.5. The number of carboxylic acid groups (broad SMARTS) is 1. The van der Waals surface area contributed by atoms with Crippen molar-refractivity contribution >= 4 is 23.5 Å². The molecule has 138 valence electrons. The Morgan fingerprint density at radius 1 is 1.31 bits per heavy atom. The van der Waals surface area contributed by atoms with Crippen LogP contribution in [0.3, 0.4) is 0 Å². The molecule has 1 unspecified atom stereocenters. The number of hydrogen-bond donors (Lipinski definition) is 1. The van der Waals surface area contributed by atoms with Gasteiger partial charge in [-0.1, -0.05) is 16.8 Å². The first-order valence-electron chi connectivity index (χ1n) is 8.23. The monoisotopic (exact) mass is 379 g/mol. The van der Waals surface area contributed by atoms with E-state index in [1.807, 2.05) is 0 Å². The third-order valence-electron chi connectivity index (χ3n) is 4.09. The Hall–Kier alpha value is -2.45. The molecule has 1 aromatic carbocycles. The summed E-state index contributed by atoms with van der Waals surface area (Å²) in [6.45, 7) is 0.663. The molecule has 1 aliphatic rings. The van der Waals surface area contributed by atoms with Crippen LogP contribution in [0.25, 0.3) is 11.4 Å². The number of morpholine rings is 1. The average molecular weight is 380 g/mol. The van der Waals surface area contributed by atoms with Gasteiger partial charge in [0.25, 0.3) is 0 Å². The van der Waals surface area contributed by atoms with Crippen molar-refractivity contribution in [2.24, 2.45) is 0 Å². The fourth-order valence-electron chi connectivity index (χ4n) is 2.71. The molecule has 0 bridgehead atoms. The molecule has 1 amide bonds. The first-order chi connectivity index (χ1) is 12.5. The van der Waals surface area contributed by atoms with Crippen LogP contribution in [0.2, 0.25) is 5.02 Å². The fourth-order valence-corrected chi connectivity index (χ4v) is 2.84. The highest BCUT2D eigenvalue weighted by molar-refractivity contribution is 6.30. The molecule has 1 fully saturated rings. The topological polar surface area (TPSA) is 106 Å². The van der Waals surface area contributed by atoms with Crippen LogP contribution < -0.4 is 0 Å². The Bertz CT molecular complexity index is 777. The molecule has 1 aromatic heterocycles. The highest BCUT2D eigenvalue weighted by Crippen LogP contribution is 2.19. The Labute approximate surface area is 154 Å². The lowest BCUT2D eigenvalue weighted by Crippen LogP contribution is -2.52. The standard InChI is InChI=1S/C17H18ClN3O5/c18-12-6-4-11(5-7-12)16-19-14(26-20-16)2-1-3-15(22)21-8-9-25-10-13(21)17(23)24/h4-7,13H,1-3,8-10H2,(H,23,24). The number of nitrogens with zero attached hydrogens (tertiary/aromatic N) is 3. The molecule has 0 spiro atoms. The number of carbonyl (C=O) groups is 2. The van der Waals surface area contributed by atoms with Gasteiger partial charge in [0.2, 0.25) is 17.6 Å². The summed E-state index contributed by atoms with van der Waals surface area (Å²) >= 11 is 5.85. The van der Waals surface area contributed by atoms with Crippen molar-refractivity contribution in [2.75, 3.05) is 19.8 Å². The first kappa shape index (κ1) is 18.3. The van der Waals surface area contributed by atoms with Gasteiger partial charge < -0.3 is 19.3 Å². The Morgan fingerprint density at radius 3 is 2.81 bits per heavy atom. The third-order valence-corrected chi connectivity index (χ3v) is 4.34. The van der Waals surface area contributed by atoms with E-state index in [-0.39, 0.29) is 25.5 Å². The van der Waals surface area contributed by atoms with Gasteiger partial charge in [0, 0.05) is 30.0 Å². The molecule has 1 saturated heterocycles. The molecule has 0 radical (unpaired) electrons. The Balaban J connectivity index is 1.52. The lowest BCUT2D eigenvalue weighted by atomic mass is 10.1. The van der Waals surface area contributed by atoms with E-state index in [0.717, 1.165) is 5.56 Å². The van der Waals surface area contributed by atoms with Crippen molar-refractivity contribution in [3.8, 4) is 11.4 Å². The molecule has 2 aromatic rings. The summed E-state index contributed by atoms with van der Waals surface area (Å²) in [6.07, 6.45) is 1.14. The second-order valence-corrected chi connectivity index (χ2v) is 6.32. The van der Waals surface area contributed by atoms with Crippen molar-refractivity contribution in [1.29, 1.82) is 0 Å². The number of benzene rings is 1. The van der Waals surface area contributed by atoms with Crippen molar-refractivity contribution in [2.45, 2.75) is 25.3 Å². The van der Waals surface area contributed by atoms with E-state index < -0.39 is 12.0 Å². The molecule has 1 atom stereocenters. The minimum atomic E-state index is -1.05. The van der Waals surface area contributed by atoms with Crippen molar-refractivity contribution < 1.29 is 24.0 Å². The van der Waals surface area contributed by atoms with E-state index in [1.54, 1.807) is 24.3 Å². The maximum atomic E-state index is 12.3.